The van der Waals surface area contributed by atoms with Crippen LogP contribution in [0.2, 0.25) is 0 Å². The molecule has 8 heteroatoms. The minimum atomic E-state index is -0.208. The van der Waals surface area contributed by atoms with E-state index in [1.54, 1.807) is 6.92 Å². The Morgan fingerprint density at radius 3 is 2.29 bits per heavy atom. The molecular formula is C23H26N6O2. The van der Waals surface area contributed by atoms with Gasteiger partial charge in [0.2, 0.25) is 5.91 Å². The molecule has 1 fully saturated rings. The first kappa shape index (κ1) is 20.7. The lowest BCUT2D eigenvalue weighted by molar-refractivity contribution is -0.117. The number of piperidine rings is 1. The van der Waals surface area contributed by atoms with E-state index < -0.39 is 0 Å². The summed E-state index contributed by atoms with van der Waals surface area (Å²) in [5, 5.41) is 14.7. The molecule has 2 amide bonds. The van der Waals surface area contributed by atoms with Gasteiger partial charge in [-0.15, -0.1) is 5.10 Å². The number of para-hydroxylation sites is 2. The predicted octanol–water partition coefficient (Wildman–Crippen LogP) is 2.41. The van der Waals surface area contributed by atoms with Crippen LogP contribution in [0, 0.1) is 6.92 Å². The molecule has 1 aromatic heterocycles. The summed E-state index contributed by atoms with van der Waals surface area (Å²) in [4.78, 5) is 28.6. The average molecular weight is 419 g/mol. The van der Waals surface area contributed by atoms with Crippen LogP contribution in [0.1, 0.15) is 29.0 Å². The summed E-state index contributed by atoms with van der Waals surface area (Å²) < 4.78 is 0. The maximum Gasteiger partial charge on any atom is 0.273 e. The van der Waals surface area contributed by atoms with Crippen molar-refractivity contribution in [3.63, 3.8) is 0 Å². The fraction of sp³-hybridized carbons (Fsp3) is 0.304. The predicted molar refractivity (Wildman–Crippen MR) is 118 cm³/mol. The monoisotopic (exact) mass is 418 g/mol. The van der Waals surface area contributed by atoms with E-state index in [1.165, 1.54) is 4.80 Å². The number of aromatic nitrogens is 3. The first-order valence-electron chi connectivity index (χ1n) is 10.5. The van der Waals surface area contributed by atoms with Crippen molar-refractivity contribution >= 4 is 17.5 Å². The number of nitrogens with zero attached hydrogens (tertiary/aromatic N) is 4. The normalized spacial score (nSPS) is 14.9. The molecule has 0 bridgehead atoms. The Kier molecular flexibility index (Phi) is 6.37. The van der Waals surface area contributed by atoms with Crippen molar-refractivity contribution in [2.75, 3.05) is 25.0 Å². The lowest BCUT2D eigenvalue weighted by Gasteiger charge is -2.31. The molecule has 31 heavy (non-hydrogen) atoms. The molecule has 2 N–H and O–H groups in total. The molecule has 0 spiro atoms. The number of aryl methyl sites for hydroxylation is 1. The molecule has 2 heterocycles. The molecule has 2 aromatic carbocycles. The molecule has 3 aromatic rings. The van der Waals surface area contributed by atoms with E-state index >= 15 is 0 Å². The fourth-order valence-electron chi connectivity index (χ4n) is 3.68. The van der Waals surface area contributed by atoms with E-state index in [1.807, 2.05) is 60.7 Å². The van der Waals surface area contributed by atoms with Crippen LogP contribution in [-0.2, 0) is 4.79 Å². The first-order chi connectivity index (χ1) is 15.1. The van der Waals surface area contributed by atoms with Gasteiger partial charge in [-0.1, -0.05) is 36.4 Å². The highest BCUT2D eigenvalue weighted by Crippen LogP contribution is 2.13. The summed E-state index contributed by atoms with van der Waals surface area (Å²) in [5.74, 6) is -0.234. The Balaban J connectivity index is 1.27. The quantitative estimate of drug-likeness (QED) is 0.641. The zero-order valence-corrected chi connectivity index (χ0v) is 17.5. The number of carbonyl (C=O) groups is 2. The number of amides is 2. The Morgan fingerprint density at radius 2 is 1.61 bits per heavy atom. The van der Waals surface area contributed by atoms with Crippen molar-refractivity contribution in [3.8, 4) is 5.69 Å². The molecule has 1 saturated heterocycles. The number of hydrogen-bond donors (Lipinski definition) is 2. The molecular weight excluding hydrogens is 392 g/mol. The Bertz CT molecular complexity index is 1030. The third kappa shape index (κ3) is 5.35. The maximum absolute atomic E-state index is 12.7. The third-order valence-electron chi connectivity index (χ3n) is 5.33. The van der Waals surface area contributed by atoms with E-state index in [4.69, 9.17) is 0 Å². The smallest absolute Gasteiger partial charge is 0.273 e. The Morgan fingerprint density at radius 1 is 0.968 bits per heavy atom. The molecule has 0 unspecified atom stereocenters. The van der Waals surface area contributed by atoms with Crippen LogP contribution in [0.15, 0.2) is 60.7 Å². The van der Waals surface area contributed by atoms with Gasteiger partial charge in [-0.3, -0.25) is 14.5 Å². The van der Waals surface area contributed by atoms with Crippen molar-refractivity contribution in [2.45, 2.75) is 25.8 Å². The van der Waals surface area contributed by atoms with Crippen LogP contribution in [0.25, 0.3) is 5.69 Å². The minimum absolute atomic E-state index is 0.0261. The second-order valence-electron chi connectivity index (χ2n) is 7.70. The summed E-state index contributed by atoms with van der Waals surface area (Å²) in [7, 11) is 0. The number of anilines is 1. The van der Waals surface area contributed by atoms with Gasteiger partial charge in [0.05, 0.1) is 17.9 Å². The van der Waals surface area contributed by atoms with E-state index in [2.05, 4.69) is 25.7 Å². The van der Waals surface area contributed by atoms with Crippen LogP contribution in [0.3, 0.4) is 0 Å². The van der Waals surface area contributed by atoms with Gasteiger partial charge in [0.1, 0.15) is 0 Å². The molecule has 4 rings (SSSR count). The van der Waals surface area contributed by atoms with E-state index in [9.17, 15) is 9.59 Å². The first-order valence-corrected chi connectivity index (χ1v) is 10.5. The minimum Gasteiger partial charge on any atom is -0.348 e. The molecule has 0 aliphatic carbocycles. The number of hydrogen-bond acceptors (Lipinski definition) is 5. The number of carbonyl (C=O) groups excluding carboxylic acids is 2. The third-order valence-corrected chi connectivity index (χ3v) is 5.33. The SMILES string of the molecule is Cc1nn(-c2ccccc2)nc1C(=O)NC1CCN(CC(=O)Nc2ccccc2)CC1. The number of nitrogens with one attached hydrogen (secondary N) is 2. The molecule has 1 aliphatic rings. The Labute approximate surface area is 181 Å². The van der Waals surface area contributed by atoms with Gasteiger partial charge in [0.15, 0.2) is 5.69 Å². The number of benzene rings is 2. The number of likely N-dealkylation sites (tertiary alicyclic amines) is 1. The lowest BCUT2D eigenvalue weighted by atomic mass is 10.0. The average Bonchev–Trinajstić information content (AvgIpc) is 3.18. The second kappa shape index (κ2) is 9.53. The van der Waals surface area contributed by atoms with Gasteiger partial charge in [0.25, 0.3) is 5.91 Å². The largest absolute Gasteiger partial charge is 0.348 e. The van der Waals surface area contributed by atoms with Gasteiger partial charge in [-0.2, -0.15) is 9.90 Å². The molecule has 0 atom stereocenters. The van der Waals surface area contributed by atoms with Crippen molar-refractivity contribution in [3.05, 3.63) is 72.1 Å². The standard InChI is InChI=1S/C23H26N6O2/c1-17-22(27-29(26-17)20-10-6-3-7-11-20)23(31)25-19-12-14-28(15-13-19)16-21(30)24-18-8-4-2-5-9-18/h2-11,19H,12-16H2,1H3,(H,24,30)(H,25,31). The zero-order valence-electron chi connectivity index (χ0n) is 17.5. The summed E-state index contributed by atoms with van der Waals surface area (Å²) >= 11 is 0. The van der Waals surface area contributed by atoms with Crippen LogP contribution in [0.5, 0.6) is 0 Å². The summed E-state index contributed by atoms with van der Waals surface area (Å²) in [6.45, 7) is 3.64. The van der Waals surface area contributed by atoms with Gasteiger partial charge in [0, 0.05) is 24.8 Å². The molecule has 0 radical (unpaired) electrons. The van der Waals surface area contributed by atoms with Crippen molar-refractivity contribution in [1.29, 1.82) is 0 Å². The van der Waals surface area contributed by atoms with Gasteiger partial charge in [-0.05, 0) is 44.0 Å². The summed E-state index contributed by atoms with van der Waals surface area (Å²) in [6.07, 6.45) is 1.58. The molecule has 1 aliphatic heterocycles. The van der Waals surface area contributed by atoms with Crippen LogP contribution in [0.4, 0.5) is 5.69 Å². The maximum atomic E-state index is 12.7. The van der Waals surface area contributed by atoms with Gasteiger partial charge < -0.3 is 10.6 Å². The van der Waals surface area contributed by atoms with Crippen LogP contribution < -0.4 is 10.6 Å². The van der Waals surface area contributed by atoms with Crippen molar-refractivity contribution in [1.82, 2.24) is 25.2 Å². The van der Waals surface area contributed by atoms with Crippen LogP contribution in [-0.4, -0.2) is 57.4 Å². The topological polar surface area (TPSA) is 92.2 Å². The molecule has 8 nitrogen and oxygen atoms in total. The highest BCUT2D eigenvalue weighted by molar-refractivity contribution is 5.93. The second-order valence-corrected chi connectivity index (χ2v) is 7.70. The fourth-order valence-corrected chi connectivity index (χ4v) is 3.68. The van der Waals surface area contributed by atoms with E-state index in [0.29, 0.717) is 17.9 Å². The molecule has 160 valence electrons. The van der Waals surface area contributed by atoms with Gasteiger partial charge >= 0.3 is 0 Å². The summed E-state index contributed by atoms with van der Waals surface area (Å²) in [6, 6.07) is 19.0. The summed E-state index contributed by atoms with van der Waals surface area (Å²) in [5.41, 5.74) is 2.55. The molecule has 0 saturated carbocycles. The zero-order chi connectivity index (χ0) is 21.6. The van der Waals surface area contributed by atoms with Crippen LogP contribution >= 0.6 is 0 Å². The Hall–Kier alpha value is -3.52. The highest BCUT2D eigenvalue weighted by Gasteiger charge is 2.24. The highest BCUT2D eigenvalue weighted by atomic mass is 16.2. The van der Waals surface area contributed by atoms with E-state index in [0.717, 1.165) is 37.3 Å². The van der Waals surface area contributed by atoms with E-state index in [-0.39, 0.29) is 17.9 Å². The number of rotatable bonds is 6. The van der Waals surface area contributed by atoms with Crippen molar-refractivity contribution in [2.24, 2.45) is 0 Å². The van der Waals surface area contributed by atoms with Crippen molar-refractivity contribution < 1.29 is 9.59 Å². The lowest BCUT2D eigenvalue weighted by Crippen LogP contribution is -2.46. The van der Waals surface area contributed by atoms with Gasteiger partial charge in [-0.25, -0.2) is 0 Å².